The lowest BCUT2D eigenvalue weighted by Gasteiger charge is -2.15. The highest BCUT2D eigenvalue weighted by Crippen LogP contribution is 2.19. The zero-order valence-corrected chi connectivity index (χ0v) is 12.7. The summed E-state index contributed by atoms with van der Waals surface area (Å²) < 4.78 is 11.7. The molecule has 0 bridgehead atoms. The highest BCUT2D eigenvalue weighted by Gasteiger charge is 2.06. The summed E-state index contributed by atoms with van der Waals surface area (Å²) in [6, 6.07) is 24.5. The van der Waals surface area contributed by atoms with Gasteiger partial charge in [0.25, 0.3) is 0 Å². The van der Waals surface area contributed by atoms with Gasteiger partial charge in [-0.25, -0.2) is 0 Å². The number of hydrogen-bond acceptors (Lipinski definition) is 2. The van der Waals surface area contributed by atoms with Crippen molar-refractivity contribution >= 4 is 10.8 Å². The molecule has 0 aliphatic heterocycles. The zero-order chi connectivity index (χ0) is 15.2. The van der Waals surface area contributed by atoms with Gasteiger partial charge in [0.15, 0.2) is 0 Å². The Morgan fingerprint density at radius 1 is 0.818 bits per heavy atom. The quantitative estimate of drug-likeness (QED) is 0.648. The lowest BCUT2D eigenvalue weighted by molar-refractivity contribution is 0.0219. The lowest BCUT2D eigenvalue weighted by Crippen LogP contribution is -2.18. The van der Waals surface area contributed by atoms with Gasteiger partial charge in [-0.2, -0.15) is 0 Å². The van der Waals surface area contributed by atoms with Crippen LogP contribution in [0.3, 0.4) is 0 Å². The molecule has 22 heavy (non-hydrogen) atoms. The van der Waals surface area contributed by atoms with Crippen molar-refractivity contribution in [3.8, 4) is 5.75 Å². The summed E-state index contributed by atoms with van der Waals surface area (Å²) in [5, 5.41) is 2.50. The summed E-state index contributed by atoms with van der Waals surface area (Å²) in [5.74, 6) is 0.878. The summed E-state index contributed by atoms with van der Waals surface area (Å²) >= 11 is 0. The van der Waals surface area contributed by atoms with Crippen molar-refractivity contribution in [2.45, 2.75) is 19.6 Å². The van der Waals surface area contributed by atoms with E-state index in [1.165, 1.54) is 16.3 Å². The van der Waals surface area contributed by atoms with E-state index in [4.69, 9.17) is 9.47 Å². The third kappa shape index (κ3) is 3.66. The average molecular weight is 292 g/mol. The van der Waals surface area contributed by atoms with Gasteiger partial charge in [-0.1, -0.05) is 60.7 Å². The predicted molar refractivity (Wildman–Crippen MR) is 90.1 cm³/mol. The first kappa shape index (κ1) is 14.6. The smallest absolute Gasteiger partial charge is 0.119 e. The van der Waals surface area contributed by atoms with Crippen molar-refractivity contribution in [2.75, 3.05) is 6.61 Å². The fraction of sp³-hybridized carbons (Fsp3) is 0.200. The van der Waals surface area contributed by atoms with Crippen LogP contribution in [0.2, 0.25) is 0 Å². The zero-order valence-electron chi connectivity index (χ0n) is 12.7. The monoisotopic (exact) mass is 292 g/mol. The standard InChI is InChI=1S/C20H20O2/c1-16(14-22-19-11-3-2-4-12-19)21-15-18-10-7-9-17-8-5-6-13-20(17)18/h2-13,16H,14-15H2,1H3. The van der Waals surface area contributed by atoms with E-state index < -0.39 is 0 Å². The Kier molecular flexibility index (Phi) is 4.71. The molecule has 1 atom stereocenters. The van der Waals surface area contributed by atoms with Crippen molar-refractivity contribution in [3.63, 3.8) is 0 Å². The van der Waals surface area contributed by atoms with Gasteiger partial charge in [0.05, 0.1) is 12.7 Å². The molecule has 2 nitrogen and oxygen atoms in total. The Labute approximate surface area is 131 Å². The molecule has 0 amide bonds. The Hall–Kier alpha value is -2.32. The predicted octanol–water partition coefficient (Wildman–Crippen LogP) is 4.82. The number of rotatable bonds is 6. The molecule has 2 heteroatoms. The maximum atomic E-state index is 5.93. The van der Waals surface area contributed by atoms with Crippen LogP contribution >= 0.6 is 0 Å². The van der Waals surface area contributed by atoms with E-state index >= 15 is 0 Å². The Morgan fingerprint density at radius 3 is 2.41 bits per heavy atom. The highest BCUT2D eigenvalue weighted by molar-refractivity contribution is 5.85. The van der Waals surface area contributed by atoms with Crippen LogP contribution in [0, 0.1) is 0 Å². The molecule has 0 aliphatic rings. The minimum Gasteiger partial charge on any atom is -0.491 e. The van der Waals surface area contributed by atoms with Gasteiger partial charge in [0.1, 0.15) is 12.4 Å². The molecule has 0 aliphatic carbocycles. The van der Waals surface area contributed by atoms with Crippen molar-refractivity contribution in [3.05, 3.63) is 78.4 Å². The van der Waals surface area contributed by atoms with Gasteiger partial charge >= 0.3 is 0 Å². The molecule has 0 saturated carbocycles. The van der Waals surface area contributed by atoms with Crippen LogP contribution in [0.4, 0.5) is 0 Å². The first-order valence-electron chi connectivity index (χ1n) is 7.59. The maximum Gasteiger partial charge on any atom is 0.119 e. The molecular weight excluding hydrogens is 272 g/mol. The third-order valence-electron chi connectivity index (χ3n) is 3.63. The van der Waals surface area contributed by atoms with Crippen LogP contribution in [-0.2, 0) is 11.3 Å². The van der Waals surface area contributed by atoms with Gasteiger partial charge < -0.3 is 9.47 Å². The second-order valence-corrected chi connectivity index (χ2v) is 5.38. The van der Waals surface area contributed by atoms with Crippen molar-refractivity contribution < 1.29 is 9.47 Å². The molecule has 0 radical (unpaired) electrons. The molecule has 1 unspecified atom stereocenters. The van der Waals surface area contributed by atoms with Gasteiger partial charge in [-0.3, -0.25) is 0 Å². The van der Waals surface area contributed by atoms with Crippen LogP contribution in [0.5, 0.6) is 5.75 Å². The van der Waals surface area contributed by atoms with Gasteiger partial charge in [0, 0.05) is 0 Å². The molecule has 0 heterocycles. The van der Waals surface area contributed by atoms with E-state index in [9.17, 15) is 0 Å². The van der Waals surface area contributed by atoms with Crippen LogP contribution in [-0.4, -0.2) is 12.7 Å². The molecule has 0 N–H and O–H groups in total. The van der Waals surface area contributed by atoms with Gasteiger partial charge in [-0.15, -0.1) is 0 Å². The van der Waals surface area contributed by atoms with Gasteiger partial charge in [0.2, 0.25) is 0 Å². The summed E-state index contributed by atoms with van der Waals surface area (Å²) in [6.45, 7) is 3.18. The number of ether oxygens (including phenoxy) is 2. The minimum atomic E-state index is 0.0409. The Balaban J connectivity index is 1.57. The second-order valence-electron chi connectivity index (χ2n) is 5.38. The molecule has 112 valence electrons. The minimum absolute atomic E-state index is 0.0409. The molecule has 0 spiro atoms. The maximum absolute atomic E-state index is 5.93. The average Bonchev–Trinajstić information content (AvgIpc) is 2.59. The van der Waals surface area contributed by atoms with Gasteiger partial charge in [-0.05, 0) is 35.4 Å². The Bertz CT molecular complexity index is 717. The number of benzene rings is 3. The SMILES string of the molecule is CC(COc1ccccc1)OCc1cccc2ccccc12. The highest BCUT2D eigenvalue weighted by atomic mass is 16.5. The molecule has 0 saturated heterocycles. The molecule has 3 aromatic rings. The van der Waals surface area contributed by atoms with E-state index in [1.807, 2.05) is 37.3 Å². The van der Waals surface area contributed by atoms with Crippen molar-refractivity contribution in [1.29, 1.82) is 0 Å². The van der Waals surface area contributed by atoms with Crippen LogP contribution in [0.1, 0.15) is 12.5 Å². The summed E-state index contributed by atoms with van der Waals surface area (Å²) in [4.78, 5) is 0. The van der Waals surface area contributed by atoms with Crippen molar-refractivity contribution in [2.24, 2.45) is 0 Å². The molecule has 3 rings (SSSR count). The first-order chi connectivity index (χ1) is 10.8. The third-order valence-corrected chi connectivity index (χ3v) is 3.63. The fourth-order valence-electron chi connectivity index (χ4n) is 2.43. The lowest BCUT2D eigenvalue weighted by atomic mass is 10.1. The second kappa shape index (κ2) is 7.10. The van der Waals surface area contributed by atoms with E-state index in [-0.39, 0.29) is 6.10 Å². The summed E-state index contributed by atoms with van der Waals surface area (Å²) in [7, 11) is 0. The topological polar surface area (TPSA) is 18.5 Å². The first-order valence-corrected chi connectivity index (χ1v) is 7.59. The molecular formula is C20H20O2. The molecule has 0 fully saturated rings. The summed E-state index contributed by atoms with van der Waals surface area (Å²) in [5.41, 5.74) is 1.21. The number of hydrogen-bond donors (Lipinski definition) is 0. The fourth-order valence-corrected chi connectivity index (χ4v) is 2.43. The molecule has 0 aromatic heterocycles. The van der Waals surface area contributed by atoms with Crippen molar-refractivity contribution in [1.82, 2.24) is 0 Å². The van der Waals surface area contributed by atoms with E-state index in [1.54, 1.807) is 0 Å². The van der Waals surface area contributed by atoms with Crippen LogP contribution in [0.25, 0.3) is 10.8 Å². The largest absolute Gasteiger partial charge is 0.491 e. The van der Waals surface area contributed by atoms with Crippen LogP contribution in [0.15, 0.2) is 72.8 Å². The summed E-state index contributed by atoms with van der Waals surface area (Å²) in [6.07, 6.45) is 0.0409. The normalized spacial score (nSPS) is 12.2. The van der Waals surface area contributed by atoms with E-state index in [0.29, 0.717) is 13.2 Å². The number of fused-ring (bicyclic) bond motifs is 1. The Morgan fingerprint density at radius 2 is 1.55 bits per heavy atom. The van der Waals surface area contributed by atoms with E-state index in [0.717, 1.165) is 5.75 Å². The molecule has 3 aromatic carbocycles. The van der Waals surface area contributed by atoms with E-state index in [2.05, 4.69) is 42.5 Å². The number of para-hydroxylation sites is 1. The van der Waals surface area contributed by atoms with Crippen LogP contribution < -0.4 is 4.74 Å².